The van der Waals surface area contributed by atoms with Gasteiger partial charge in [-0.1, -0.05) is 0 Å². The molecule has 0 spiro atoms. The molecule has 0 bridgehead atoms. The first kappa shape index (κ1) is 18.4. The molecular formula is C13H24F3N3OS. The average Bonchev–Trinajstić information content (AvgIpc) is 2.79. The summed E-state index contributed by atoms with van der Waals surface area (Å²) in [5.74, 6) is 0.0895. The number of thioether (sulfide) groups is 1. The summed E-state index contributed by atoms with van der Waals surface area (Å²) in [4.78, 5) is 13.0. The van der Waals surface area contributed by atoms with Gasteiger partial charge in [0.05, 0.1) is 6.54 Å². The van der Waals surface area contributed by atoms with E-state index >= 15 is 0 Å². The van der Waals surface area contributed by atoms with Gasteiger partial charge in [-0.3, -0.25) is 4.90 Å². The third-order valence-corrected chi connectivity index (χ3v) is 4.80. The Labute approximate surface area is 128 Å². The van der Waals surface area contributed by atoms with Crippen LogP contribution < -0.4 is 10.6 Å². The van der Waals surface area contributed by atoms with Crippen molar-refractivity contribution >= 4 is 17.8 Å². The van der Waals surface area contributed by atoms with Gasteiger partial charge >= 0.3 is 12.2 Å². The van der Waals surface area contributed by atoms with Crippen molar-refractivity contribution in [1.29, 1.82) is 0 Å². The highest BCUT2D eigenvalue weighted by Gasteiger charge is 2.34. The second-order valence-corrected chi connectivity index (χ2v) is 7.55. The molecule has 1 fully saturated rings. The van der Waals surface area contributed by atoms with Crippen molar-refractivity contribution in [3.63, 3.8) is 0 Å². The van der Waals surface area contributed by atoms with Gasteiger partial charge in [0.1, 0.15) is 0 Å². The summed E-state index contributed by atoms with van der Waals surface area (Å²) in [6, 6.07) is -0.258. The normalized spacial score (nSPS) is 20.6. The van der Waals surface area contributed by atoms with Crippen LogP contribution in [0.5, 0.6) is 0 Å². The summed E-state index contributed by atoms with van der Waals surface area (Å²) in [5, 5.41) is 5.52. The number of urea groups is 1. The first-order valence-electron chi connectivity index (χ1n) is 6.97. The molecule has 0 radical (unpaired) electrons. The standard InChI is InChI=1S/C13H24F3N3OS/c1-12(2,21-3)8-18-11(20)17-6-10-4-5-19(7-10)9-13(14,15)16/h10H,4-9H2,1-3H3,(H2,17,18,20)/t10-/m0/s1. The van der Waals surface area contributed by atoms with Crippen molar-refractivity contribution in [2.75, 3.05) is 39.0 Å². The van der Waals surface area contributed by atoms with Crippen LogP contribution in [0.1, 0.15) is 20.3 Å². The summed E-state index contributed by atoms with van der Waals surface area (Å²) >= 11 is 1.66. The van der Waals surface area contributed by atoms with Gasteiger partial charge in [0.15, 0.2) is 0 Å². The number of amides is 2. The molecule has 1 rings (SSSR count). The van der Waals surface area contributed by atoms with Gasteiger partial charge in [0.2, 0.25) is 0 Å². The van der Waals surface area contributed by atoms with Gasteiger partial charge < -0.3 is 10.6 Å². The maximum absolute atomic E-state index is 12.3. The number of carbonyl (C=O) groups is 1. The number of nitrogens with zero attached hydrogens (tertiary/aromatic N) is 1. The molecule has 1 saturated heterocycles. The number of alkyl halides is 3. The van der Waals surface area contributed by atoms with Crippen LogP contribution in [0, 0.1) is 5.92 Å². The molecule has 0 aliphatic carbocycles. The van der Waals surface area contributed by atoms with Crippen molar-refractivity contribution in [1.82, 2.24) is 15.5 Å². The summed E-state index contributed by atoms with van der Waals surface area (Å²) in [6.07, 6.45) is -1.48. The van der Waals surface area contributed by atoms with E-state index in [0.717, 1.165) is 0 Å². The fourth-order valence-corrected chi connectivity index (χ4v) is 2.36. The van der Waals surface area contributed by atoms with Gasteiger partial charge in [0, 0.05) is 24.4 Å². The van der Waals surface area contributed by atoms with Crippen molar-refractivity contribution in [3.8, 4) is 0 Å². The van der Waals surface area contributed by atoms with E-state index < -0.39 is 12.7 Å². The zero-order chi connectivity index (χ0) is 16.1. The highest BCUT2D eigenvalue weighted by Crippen LogP contribution is 2.22. The molecule has 1 aliphatic heterocycles. The highest BCUT2D eigenvalue weighted by molar-refractivity contribution is 7.99. The molecule has 21 heavy (non-hydrogen) atoms. The van der Waals surface area contributed by atoms with E-state index in [1.54, 1.807) is 11.8 Å². The van der Waals surface area contributed by atoms with E-state index in [1.807, 2.05) is 20.1 Å². The van der Waals surface area contributed by atoms with Crippen LogP contribution >= 0.6 is 11.8 Å². The summed E-state index contributed by atoms with van der Waals surface area (Å²) < 4.78 is 36.8. The Hall–Kier alpha value is -0.630. The number of likely N-dealkylation sites (tertiary alicyclic amines) is 1. The summed E-state index contributed by atoms with van der Waals surface area (Å²) in [5.41, 5.74) is 0. The van der Waals surface area contributed by atoms with E-state index in [-0.39, 0.29) is 16.7 Å². The molecule has 8 heteroatoms. The Balaban J connectivity index is 2.20. The van der Waals surface area contributed by atoms with Crippen LogP contribution in [0.3, 0.4) is 0 Å². The van der Waals surface area contributed by atoms with Gasteiger partial charge in [-0.05, 0) is 39.0 Å². The fourth-order valence-electron chi connectivity index (χ4n) is 2.14. The van der Waals surface area contributed by atoms with Crippen LogP contribution in [0.15, 0.2) is 0 Å². The lowest BCUT2D eigenvalue weighted by Gasteiger charge is -2.22. The molecule has 0 saturated carbocycles. The number of hydrogen-bond donors (Lipinski definition) is 2. The van der Waals surface area contributed by atoms with Crippen LogP contribution in [-0.4, -0.2) is 60.8 Å². The SMILES string of the molecule is CSC(C)(C)CNC(=O)NC[C@@H]1CCN(CC(F)(F)F)C1. The molecule has 0 aromatic carbocycles. The topological polar surface area (TPSA) is 44.4 Å². The molecular weight excluding hydrogens is 303 g/mol. The molecule has 0 unspecified atom stereocenters. The molecule has 4 nitrogen and oxygen atoms in total. The number of nitrogens with one attached hydrogen (secondary N) is 2. The minimum absolute atomic E-state index is 0.0335. The molecule has 1 heterocycles. The van der Waals surface area contributed by atoms with Crippen molar-refractivity contribution in [2.45, 2.75) is 31.2 Å². The van der Waals surface area contributed by atoms with E-state index in [0.29, 0.717) is 32.6 Å². The van der Waals surface area contributed by atoms with Crippen LogP contribution in [-0.2, 0) is 0 Å². The number of carbonyl (C=O) groups excluding carboxylic acids is 1. The lowest BCUT2D eigenvalue weighted by atomic mass is 10.1. The fraction of sp³-hybridized carbons (Fsp3) is 0.923. The van der Waals surface area contributed by atoms with Gasteiger partial charge in [-0.25, -0.2) is 4.79 Å². The maximum Gasteiger partial charge on any atom is 0.401 e. The molecule has 1 atom stereocenters. The zero-order valence-corrected chi connectivity index (χ0v) is 13.5. The summed E-state index contributed by atoms with van der Waals surface area (Å²) in [7, 11) is 0. The Bertz CT molecular complexity index is 350. The first-order chi connectivity index (χ1) is 9.61. The minimum Gasteiger partial charge on any atom is -0.338 e. The predicted octanol–water partition coefficient (Wildman–Crippen LogP) is 2.31. The first-order valence-corrected chi connectivity index (χ1v) is 8.20. The predicted molar refractivity (Wildman–Crippen MR) is 79.6 cm³/mol. The second-order valence-electron chi connectivity index (χ2n) is 6.03. The largest absolute Gasteiger partial charge is 0.401 e. The van der Waals surface area contributed by atoms with Crippen LogP contribution in [0.2, 0.25) is 0 Å². The average molecular weight is 327 g/mol. The molecule has 1 aliphatic rings. The molecule has 2 N–H and O–H groups in total. The monoisotopic (exact) mass is 327 g/mol. The zero-order valence-electron chi connectivity index (χ0n) is 12.7. The van der Waals surface area contributed by atoms with E-state index in [1.165, 1.54) is 4.90 Å². The Morgan fingerprint density at radius 2 is 2.00 bits per heavy atom. The molecule has 0 aromatic heterocycles. The molecule has 2 amide bonds. The Morgan fingerprint density at radius 3 is 2.57 bits per heavy atom. The number of rotatable bonds is 6. The van der Waals surface area contributed by atoms with E-state index in [2.05, 4.69) is 10.6 Å². The van der Waals surface area contributed by atoms with Crippen LogP contribution in [0.4, 0.5) is 18.0 Å². The quantitative estimate of drug-likeness (QED) is 0.787. The third-order valence-electron chi connectivity index (χ3n) is 3.55. The molecule has 0 aromatic rings. The highest BCUT2D eigenvalue weighted by atomic mass is 32.2. The molecule has 124 valence electrons. The van der Waals surface area contributed by atoms with Crippen molar-refractivity contribution in [3.05, 3.63) is 0 Å². The Morgan fingerprint density at radius 1 is 1.33 bits per heavy atom. The van der Waals surface area contributed by atoms with Crippen molar-refractivity contribution in [2.24, 2.45) is 5.92 Å². The maximum atomic E-state index is 12.3. The van der Waals surface area contributed by atoms with Gasteiger partial charge in [-0.15, -0.1) is 0 Å². The minimum atomic E-state index is -4.15. The number of hydrogen-bond acceptors (Lipinski definition) is 3. The lowest BCUT2D eigenvalue weighted by Crippen LogP contribution is -2.43. The van der Waals surface area contributed by atoms with Crippen LogP contribution in [0.25, 0.3) is 0 Å². The third kappa shape index (κ3) is 7.80. The summed E-state index contributed by atoms with van der Waals surface area (Å²) in [6.45, 7) is 4.99. The van der Waals surface area contributed by atoms with Gasteiger partial charge in [0.25, 0.3) is 0 Å². The van der Waals surface area contributed by atoms with Crippen molar-refractivity contribution < 1.29 is 18.0 Å². The second kappa shape index (κ2) is 7.58. The van der Waals surface area contributed by atoms with Gasteiger partial charge in [-0.2, -0.15) is 24.9 Å². The van der Waals surface area contributed by atoms with E-state index in [9.17, 15) is 18.0 Å². The van der Waals surface area contributed by atoms with E-state index in [4.69, 9.17) is 0 Å². The smallest absolute Gasteiger partial charge is 0.338 e. The Kier molecular flexibility index (Phi) is 6.65. The number of halogens is 3. The lowest BCUT2D eigenvalue weighted by molar-refractivity contribution is -0.143.